The number of hydrogen-bond acceptors (Lipinski definition) is 2. The molecule has 1 N–H and O–H groups in total. The van der Waals surface area contributed by atoms with Crippen molar-refractivity contribution in [3.63, 3.8) is 0 Å². The SMILES string of the molecule is CCN(CC)C(=O)C(C)N1CCCCC1=N. The van der Waals surface area contributed by atoms with Gasteiger partial charge in [-0.25, -0.2) is 0 Å². The number of piperidine rings is 1. The largest absolute Gasteiger partial charge is 0.349 e. The van der Waals surface area contributed by atoms with Gasteiger partial charge in [0.2, 0.25) is 5.91 Å². The predicted molar refractivity (Wildman–Crippen MR) is 65.7 cm³/mol. The van der Waals surface area contributed by atoms with Crippen molar-refractivity contribution in [2.45, 2.75) is 46.1 Å². The Labute approximate surface area is 98.1 Å². The summed E-state index contributed by atoms with van der Waals surface area (Å²) in [5, 5.41) is 7.88. The Bertz CT molecular complexity index is 261. The van der Waals surface area contributed by atoms with E-state index in [4.69, 9.17) is 5.41 Å². The number of likely N-dealkylation sites (tertiary alicyclic amines) is 1. The number of carbonyl (C=O) groups is 1. The average molecular weight is 225 g/mol. The Balaban J connectivity index is 2.64. The van der Waals surface area contributed by atoms with Gasteiger partial charge in [0.1, 0.15) is 6.04 Å². The standard InChI is InChI=1S/C12H23N3O/c1-4-14(5-2)12(16)10(3)15-9-7-6-8-11(15)13/h10,13H,4-9H2,1-3H3. The molecular weight excluding hydrogens is 202 g/mol. The van der Waals surface area contributed by atoms with Gasteiger partial charge in [-0.2, -0.15) is 0 Å². The molecule has 1 amide bonds. The molecule has 1 saturated heterocycles. The van der Waals surface area contributed by atoms with Crippen molar-refractivity contribution in [3.05, 3.63) is 0 Å². The molecule has 1 rings (SSSR count). The molecule has 0 saturated carbocycles. The monoisotopic (exact) mass is 225 g/mol. The number of amides is 1. The summed E-state index contributed by atoms with van der Waals surface area (Å²) in [5.41, 5.74) is 0. The second-order valence-corrected chi connectivity index (χ2v) is 4.28. The topological polar surface area (TPSA) is 47.4 Å². The summed E-state index contributed by atoms with van der Waals surface area (Å²) in [4.78, 5) is 15.9. The van der Waals surface area contributed by atoms with Crippen LogP contribution in [0.4, 0.5) is 0 Å². The highest BCUT2D eigenvalue weighted by atomic mass is 16.2. The lowest BCUT2D eigenvalue weighted by atomic mass is 10.1. The molecular formula is C12H23N3O. The average Bonchev–Trinajstić information content (AvgIpc) is 2.30. The van der Waals surface area contributed by atoms with Crippen molar-refractivity contribution < 1.29 is 4.79 Å². The van der Waals surface area contributed by atoms with Crippen LogP contribution in [0.3, 0.4) is 0 Å². The molecule has 1 atom stereocenters. The van der Waals surface area contributed by atoms with Crippen molar-refractivity contribution in [2.24, 2.45) is 0 Å². The third-order valence-corrected chi connectivity index (χ3v) is 3.31. The normalized spacial score (nSPS) is 18.4. The molecule has 4 heteroatoms. The minimum atomic E-state index is -0.173. The summed E-state index contributed by atoms with van der Waals surface area (Å²) in [6.07, 6.45) is 3.00. The van der Waals surface area contributed by atoms with Crippen LogP contribution in [-0.2, 0) is 4.79 Å². The van der Waals surface area contributed by atoms with E-state index in [0.29, 0.717) is 5.84 Å². The van der Waals surface area contributed by atoms with Gasteiger partial charge < -0.3 is 9.80 Å². The van der Waals surface area contributed by atoms with Gasteiger partial charge in [-0.1, -0.05) is 0 Å². The van der Waals surface area contributed by atoms with Gasteiger partial charge >= 0.3 is 0 Å². The van der Waals surface area contributed by atoms with Crippen LogP contribution in [0.25, 0.3) is 0 Å². The van der Waals surface area contributed by atoms with Crippen LogP contribution in [-0.4, -0.2) is 47.2 Å². The van der Waals surface area contributed by atoms with E-state index in [1.807, 2.05) is 30.6 Å². The molecule has 0 aromatic carbocycles. The lowest BCUT2D eigenvalue weighted by molar-refractivity contribution is -0.134. The summed E-state index contributed by atoms with van der Waals surface area (Å²) in [6.45, 7) is 8.26. The number of hydrogen-bond donors (Lipinski definition) is 1. The van der Waals surface area contributed by atoms with Gasteiger partial charge in [-0.05, 0) is 33.6 Å². The fourth-order valence-corrected chi connectivity index (χ4v) is 2.21. The molecule has 1 unspecified atom stereocenters. The minimum absolute atomic E-state index is 0.150. The van der Waals surface area contributed by atoms with E-state index >= 15 is 0 Å². The highest BCUT2D eigenvalue weighted by Gasteiger charge is 2.27. The number of rotatable bonds is 4. The van der Waals surface area contributed by atoms with Crippen molar-refractivity contribution in [1.82, 2.24) is 9.80 Å². The predicted octanol–water partition coefficient (Wildman–Crippen LogP) is 1.71. The lowest BCUT2D eigenvalue weighted by Crippen LogP contribution is -2.50. The molecule has 1 fully saturated rings. The molecule has 92 valence electrons. The number of amidine groups is 1. The minimum Gasteiger partial charge on any atom is -0.349 e. The fraction of sp³-hybridized carbons (Fsp3) is 0.833. The number of nitrogens with zero attached hydrogens (tertiary/aromatic N) is 2. The van der Waals surface area contributed by atoms with Crippen LogP contribution in [0.5, 0.6) is 0 Å². The third kappa shape index (κ3) is 2.74. The van der Waals surface area contributed by atoms with Gasteiger partial charge in [0.15, 0.2) is 0 Å². The van der Waals surface area contributed by atoms with Crippen LogP contribution in [0, 0.1) is 5.41 Å². The zero-order valence-electron chi connectivity index (χ0n) is 10.6. The highest BCUT2D eigenvalue weighted by Crippen LogP contribution is 2.15. The van der Waals surface area contributed by atoms with E-state index in [-0.39, 0.29) is 11.9 Å². The van der Waals surface area contributed by atoms with E-state index in [0.717, 1.165) is 38.9 Å². The molecule has 4 nitrogen and oxygen atoms in total. The van der Waals surface area contributed by atoms with E-state index in [9.17, 15) is 4.79 Å². The maximum atomic E-state index is 12.1. The molecule has 16 heavy (non-hydrogen) atoms. The summed E-state index contributed by atoms with van der Waals surface area (Å²) in [5.74, 6) is 0.774. The first-order chi connectivity index (χ1) is 7.61. The van der Waals surface area contributed by atoms with Crippen LogP contribution >= 0.6 is 0 Å². The molecule has 0 aromatic rings. The van der Waals surface area contributed by atoms with Crippen LogP contribution in [0.2, 0.25) is 0 Å². The molecule has 0 bridgehead atoms. The van der Waals surface area contributed by atoms with Gasteiger partial charge in [0.25, 0.3) is 0 Å². The van der Waals surface area contributed by atoms with Crippen molar-refractivity contribution in [1.29, 1.82) is 5.41 Å². The summed E-state index contributed by atoms with van der Waals surface area (Å²) < 4.78 is 0. The van der Waals surface area contributed by atoms with E-state index in [1.54, 1.807) is 0 Å². The van der Waals surface area contributed by atoms with Crippen LogP contribution in [0.1, 0.15) is 40.0 Å². The zero-order chi connectivity index (χ0) is 12.1. The Morgan fingerprint density at radius 2 is 2.06 bits per heavy atom. The Kier molecular flexibility index (Phi) is 4.77. The number of nitrogens with one attached hydrogen (secondary N) is 1. The first kappa shape index (κ1) is 13.0. The quantitative estimate of drug-likeness (QED) is 0.791. The third-order valence-electron chi connectivity index (χ3n) is 3.31. The summed E-state index contributed by atoms with van der Waals surface area (Å²) in [6, 6.07) is -0.173. The maximum Gasteiger partial charge on any atom is 0.245 e. The molecule has 0 aliphatic carbocycles. The van der Waals surface area contributed by atoms with Gasteiger partial charge in [0, 0.05) is 26.1 Å². The summed E-state index contributed by atoms with van der Waals surface area (Å²) >= 11 is 0. The van der Waals surface area contributed by atoms with E-state index in [1.165, 1.54) is 0 Å². The Morgan fingerprint density at radius 3 is 2.56 bits per heavy atom. The molecule has 0 aromatic heterocycles. The van der Waals surface area contributed by atoms with E-state index < -0.39 is 0 Å². The molecule has 1 aliphatic rings. The lowest BCUT2D eigenvalue weighted by Gasteiger charge is -2.36. The molecule has 1 aliphatic heterocycles. The molecule has 0 spiro atoms. The fourth-order valence-electron chi connectivity index (χ4n) is 2.21. The molecule has 0 radical (unpaired) electrons. The molecule has 1 heterocycles. The number of carbonyl (C=O) groups excluding carboxylic acids is 1. The van der Waals surface area contributed by atoms with Gasteiger partial charge in [-0.15, -0.1) is 0 Å². The highest BCUT2D eigenvalue weighted by molar-refractivity contribution is 5.88. The second kappa shape index (κ2) is 5.87. The first-order valence-electron chi connectivity index (χ1n) is 6.24. The van der Waals surface area contributed by atoms with Crippen LogP contribution in [0.15, 0.2) is 0 Å². The Morgan fingerprint density at radius 1 is 1.44 bits per heavy atom. The first-order valence-corrected chi connectivity index (χ1v) is 6.24. The maximum absolute atomic E-state index is 12.1. The summed E-state index contributed by atoms with van der Waals surface area (Å²) in [7, 11) is 0. The zero-order valence-corrected chi connectivity index (χ0v) is 10.6. The smallest absolute Gasteiger partial charge is 0.245 e. The number of likely N-dealkylation sites (N-methyl/N-ethyl adjacent to an activating group) is 1. The Hall–Kier alpha value is -1.06. The van der Waals surface area contributed by atoms with E-state index in [2.05, 4.69) is 0 Å². The van der Waals surface area contributed by atoms with Crippen molar-refractivity contribution in [3.8, 4) is 0 Å². The van der Waals surface area contributed by atoms with Gasteiger partial charge in [-0.3, -0.25) is 10.2 Å². The second-order valence-electron chi connectivity index (χ2n) is 4.28. The van der Waals surface area contributed by atoms with Gasteiger partial charge in [0.05, 0.1) is 5.84 Å². The van der Waals surface area contributed by atoms with Crippen molar-refractivity contribution in [2.75, 3.05) is 19.6 Å². The van der Waals surface area contributed by atoms with Crippen LogP contribution < -0.4 is 0 Å². The van der Waals surface area contributed by atoms with Crippen molar-refractivity contribution >= 4 is 11.7 Å².